The number of nitrogens with zero attached hydrogens (tertiary/aromatic N) is 2. The van der Waals surface area contributed by atoms with Crippen LogP contribution in [0, 0.1) is 12.7 Å². The predicted molar refractivity (Wildman–Crippen MR) is 97.2 cm³/mol. The Hall–Kier alpha value is -2.58. The second-order valence-electron chi connectivity index (χ2n) is 6.32. The standard InChI is InChI=1S/C19H19FN2O4S/c1-14-6-8-15(9-7-14)18(23)19(24)21-10-12-22(13-11-21)27(25,26)17-5-3-2-4-16(17)20/h2-9H,10-13H2,1H3. The van der Waals surface area contributed by atoms with Crippen molar-refractivity contribution < 1.29 is 22.4 Å². The molecule has 0 spiro atoms. The number of ketones is 1. The van der Waals surface area contributed by atoms with Gasteiger partial charge in [-0.15, -0.1) is 0 Å². The zero-order chi connectivity index (χ0) is 19.6. The van der Waals surface area contributed by atoms with Crippen LogP contribution in [0.3, 0.4) is 0 Å². The molecule has 6 nitrogen and oxygen atoms in total. The van der Waals surface area contributed by atoms with E-state index in [9.17, 15) is 22.4 Å². The summed E-state index contributed by atoms with van der Waals surface area (Å²) < 4.78 is 40.2. The molecule has 0 atom stereocenters. The second kappa shape index (κ2) is 7.58. The molecule has 0 unspecified atom stereocenters. The van der Waals surface area contributed by atoms with Crippen molar-refractivity contribution in [3.63, 3.8) is 0 Å². The minimum atomic E-state index is -3.98. The van der Waals surface area contributed by atoms with Crippen LogP contribution in [0.1, 0.15) is 15.9 Å². The van der Waals surface area contributed by atoms with E-state index in [2.05, 4.69) is 0 Å². The Labute approximate surface area is 157 Å². The van der Waals surface area contributed by atoms with Gasteiger partial charge in [0.2, 0.25) is 15.8 Å². The van der Waals surface area contributed by atoms with Crippen molar-refractivity contribution in [2.24, 2.45) is 0 Å². The number of hydrogen-bond donors (Lipinski definition) is 0. The summed E-state index contributed by atoms with van der Waals surface area (Å²) in [5.41, 5.74) is 1.28. The van der Waals surface area contributed by atoms with Gasteiger partial charge in [-0.1, -0.05) is 42.0 Å². The van der Waals surface area contributed by atoms with Crippen LogP contribution in [0.15, 0.2) is 53.4 Å². The zero-order valence-electron chi connectivity index (χ0n) is 14.8. The Morgan fingerprint density at radius 2 is 1.52 bits per heavy atom. The van der Waals surface area contributed by atoms with E-state index >= 15 is 0 Å². The fourth-order valence-corrected chi connectivity index (χ4v) is 4.38. The zero-order valence-corrected chi connectivity index (χ0v) is 15.6. The van der Waals surface area contributed by atoms with E-state index in [1.807, 2.05) is 6.92 Å². The van der Waals surface area contributed by atoms with Crippen LogP contribution in [-0.2, 0) is 14.8 Å². The first-order valence-corrected chi connectivity index (χ1v) is 9.89. The second-order valence-corrected chi connectivity index (χ2v) is 8.23. The normalized spacial score (nSPS) is 15.6. The van der Waals surface area contributed by atoms with Crippen LogP contribution < -0.4 is 0 Å². The summed E-state index contributed by atoms with van der Waals surface area (Å²) in [6.45, 7) is 2.03. The number of piperazine rings is 1. The number of amides is 1. The summed E-state index contributed by atoms with van der Waals surface area (Å²) in [6, 6.07) is 11.9. The van der Waals surface area contributed by atoms with Crippen LogP contribution in [0.2, 0.25) is 0 Å². The van der Waals surface area contributed by atoms with Gasteiger partial charge in [-0.3, -0.25) is 9.59 Å². The van der Waals surface area contributed by atoms with Crippen molar-refractivity contribution in [3.8, 4) is 0 Å². The number of carbonyl (C=O) groups is 2. The van der Waals surface area contributed by atoms with E-state index < -0.39 is 27.5 Å². The van der Waals surface area contributed by atoms with E-state index in [1.165, 1.54) is 23.1 Å². The highest BCUT2D eigenvalue weighted by molar-refractivity contribution is 7.89. The Morgan fingerprint density at radius 3 is 2.11 bits per heavy atom. The lowest BCUT2D eigenvalue weighted by Crippen LogP contribution is -2.52. The SMILES string of the molecule is Cc1ccc(C(=O)C(=O)N2CCN(S(=O)(=O)c3ccccc3F)CC2)cc1. The molecule has 1 amide bonds. The summed E-state index contributed by atoms with van der Waals surface area (Å²) in [5, 5.41) is 0. The summed E-state index contributed by atoms with van der Waals surface area (Å²) in [6.07, 6.45) is 0. The van der Waals surface area contributed by atoms with E-state index in [0.717, 1.165) is 15.9 Å². The van der Waals surface area contributed by atoms with E-state index in [1.54, 1.807) is 24.3 Å². The van der Waals surface area contributed by atoms with E-state index in [4.69, 9.17) is 0 Å². The van der Waals surface area contributed by atoms with Crippen LogP contribution in [0.5, 0.6) is 0 Å². The number of Topliss-reactive ketones (excluding diaryl/α,β-unsaturated/α-hetero) is 1. The first-order valence-electron chi connectivity index (χ1n) is 8.45. The number of sulfonamides is 1. The highest BCUT2D eigenvalue weighted by Gasteiger charge is 2.33. The number of rotatable bonds is 4. The summed E-state index contributed by atoms with van der Waals surface area (Å²) in [7, 11) is -3.98. The Kier molecular flexibility index (Phi) is 5.38. The molecule has 1 fully saturated rings. The van der Waals surface area contributed by atoms with Crippen LogP contribution in [0.4, 0.5) is 4.39 Å². The van der Waals surface area contributed by atoms with Gasteiger partial charge < -0.3 is 4.90 Å². The molecule has 0 aromatic heterocycles. The van der Waals surface area contributed by atoms with Gasteiger partial charge in [0.25, 0.3) is 5.91 Å². The summed E-state index contributed by atoms with van der Waals surface area (Å²) >= 11 is 0. The molecular weight excluding hydrogens is 371 g/mol. The molecule has 1 aliphatic rings. The van der Waals surface area contributed by atoms with Crippen molar-refractivity contribution in [2.45, 2.75) is 11.8 Å². The van der Waals surface area contributed by atoms with Gasteiger partial charge in [0, 0.05) is 31.7 Å². The lowest BCUT2D eigenvalue weighted by atomic mass is 10.1. The Morgan fingerprint density at radius 1 is 0.926 bits per heavy atom. The molecular formula is C19H19FN2O4S. The third kappa shape index (κ3) is 3.91. The number of aryl methyl sites for hydroxylation is 1. The van der Waals surface area contributed by atoms with Crippen molar-refractivity contribution in [2.75, 3.05) is 26.2 Å². The van der Waals surface area contributed by atoms with Crippen LogP contribution in [0.25, 0.3) is 0 Å². The molecule has 27 heavy (non-hydrogen) atoms. The molecule has 0 bridgehead atoms. The largest absolute Gasteiger partial charge is 0.333 e. The van der Waals surface area contributed by atoms with Gasteiger partial charge in [-0.2, -0.15) is 4.31 Å². The fraction of sp³-hybridized carbons (Fsp3) is 0.263. The predicted octanol–water partition coefficient (Wildman–Crippen LogP) is 1.85. The third-order valence-electron chi connectivity index (χ3n) is 4.49. The average Bonchev–Trinajstić information content (AvgIpc) is 2.68. The first-order chi connectivity index (χ1) is 12.8. The maximum Gasteiger partial charge on any atom is 0.295 e. The average molecular weight is 390 g/mol. The van der Waals surface area contributed by atoms with Crippen LogP contribution in [-0.4, -0.2) is 55.5 Å². The lowest BCUT2D eigenvalue weighted by Gasteiger charge is -2.33. The van der Waals surface area contributed by atoms with E-state index in [0.29, 0.717) is 5.56 Å². The van der Waals surface area contributed by atoms with E-state index in [-0.39, 0.29) is 31.1 Å². The molecule has 2 aromatic rings. The van der Waals surface area contributed by atoms with Crippen molar-refractivity contribution in [1.29, 1.82) is 0 Å². The Bertz CT molecular complexity index is 965. The molecule has 8 heteroatoms. The number of carbonyl (C=O) groups excluding carboxylic acids is 2. The highest BCUT2D eigenvalue weighted by Crippen LogP contribution is 2.20. The lowest BCUT2D eigenvalue weighted by molar-refractivity contribution is -0.127. The third-order valence-corrected chi connectivity index (χ3v) is 6.42. The van der Waals surface area contributed by atoms with Gasteiger partial charge in [0.15, 0.2) is 0 Å². The minimum Gasteiger partial charge on any atom is -0.333 e. The minimum absolute atomic E-state index is 0.00356. The maximum absolute atomic E-state index is 13.9. The molecule has 3 rings (SSSR count). The smallest absolute Gasteiger partial charge is 0.295 e. The molecule has 1 saturated heterocycles. The number of hydrogen-bond acceptors (Lipinski definition) is 4. The van der Waals surface area contributed by atoms with Crippen molar-refractivity contribution >= 4 is 21.7 Å². The Balaban J connectivity index is 1.68. The fourth-order valence-electron chi connectivity index (χ4n) is 2.90. The molecule has 0 aliphatic carbocycles. The summed E-state index contributed by atoms with van der Waals surface area (Å²) in [5.74, 6) is -2.10. The van der Waals surface area contributed by atoms with Crippen molar-refractivity contribution in [3.05, 3.63) is 65.5 Å². The van der Waals surface area contributed by atoms with Gasteiger partial charge >= 0.3 is 0 Å². The molecule has 0 N–H and O–H groups in total. The number of halogens is 1. The highest BCUT2D eigenvalue weighted by atomic mass is 32.2. The molecule has 0 saturated carbocycles. The van der Waals surface area contributed by atoms with Gasteiger partial charge in [0.1, 0.15) is 10.7 Å². The monoisotopic (exact) mass is 390 g/mol. The summed E-state index contributed by atoms with van der Waals surface area (Å²) in [4.78, 5) is 25.7. The molecule has 2 aromatic carbocycles. The quantitative estimate of drug-likeness (QED) is 0.590. The van der Waals surface area contributed by atoms with Crippen molar-refractivity contribution in [1.82, 2.24) is 9.21 Å². The first kappa shape index (κ1) is 19.2. The topological polar surface area (TPSA) is 74.8 Å². The van der Waals surface area contributed by atoms with Gasteiger partial charge in [-0.05, 0) is 19.1 Å². The maximum atomic E-state index is 13.9. The number of benzene rings is 2. The molecule has 142 valence electrons. The molecule has 0 radical (unpaired) electrons. The molecule has 1 heterocycles. The van der Waals surface area contributed by atoms with Gasteiger partial charge in [0.05, 0.1) is 0 Å². The van der Waals surface area contributed by atoms with Gasteiger partial charge in [-0.25, -0.2) is 12.8 Å². The van der Waals surface area contributed by atoms with Crippen LogP contribution >= 0.6 is 0 Å². The molecule has 1 aliphatic heterocycles.